The smallest absolute Gasteiger partial charge is 0.249 e. The lowest BCUT2D eigenvalue weighted by Gasteiger charge is -2.31. The molecule has 1 unspecified atom stereocenters. The number of nitrogens with one attached hydrogen (secondary N) is 1. The predicted octanol–water partition coefficient (Wildman–Crippen LogP) is 0.381. The minimum Gasteiger partial charge on any atom is -0.321 e. The molecule has 0 aromatic heterocycles. The summed E-state index contributed by atoms with van der Waals surface area (Å²) in [5, 5.41) is 2.11. The predicted molar refractivity (Wildman–Crippen MR) is 64.4 cm³/mol. The van der Waals surface area contributed by atoms with Crippen molar-refractivity contribution < 1.29 is 23.2 Å². The summed E-state index contributed by atoms with van der Waals surface area (Å²) in [5.74, 6) is -3.66. The second-order valence-electron chi connectivity index (χ2n) is 4.54. The van der Waals surface area contributed by atoms with Crippen LogP contribution in [-0.4, -0.2) is 35.2 Å². The fourth-order valence-corrected chi connectivity index (χ4v) is 1.94. The van der Waals surface area contributed by atoms with Crippen molar-refractivity contribution in [1.29, 1.82) is 0 Å². The summed E-state index contributed by atoms with van der Waals surface area (Å²) in [5.41, 5.74) is 0.277. The van der Waals surface area contributed by atoms with Gasteiger partial charge >= 0.3 is 0 Å². The number of piperazine rings is 1. The Morgan fingerprint density at radius 1 is 1.35 bits per heavy atom. The lowest BCUT2D eigenvalue weighted by molar-refractivity contribution is -0.149. The number of benzene rings is 1. The summed E-state index contributed by atoms with van der Waals surface area (Å²) in [6.07, 6.45) is -0.206. The zero-order chi connectivity index (χ0) is 14.9. The molecule has 1 heterocycles. The van der Waals surface area contributed by atoms with E-state index in [4.69, 9.17) is 0 Å². The van der Waals surface area contributed by atoms with Crippen molar-refractivity contribution in [2.75, 3.05) is 6.54 Å². The lowest BCUT2D eigenvalue weighted by atomic mass is 10.1. The number of nitrogens with zero attached hydrogens (tertiary/aromatic N) is 1. The molecule has 106 valence electrons. The van der Waals surface area contributed by atoms with Gasteiger partial charge in [-0.1, -0.05) is 6.07 Å². The van der Waals surface area contributed by atoms with Gasteiger partial charge in [-0.15, -0.1) is 0 Å². The molecule has 0 radical (unpaired) electrons. The second kappa shape index (κ2) is 5.36. The van der Waals surface area contributed by atoms with E-state index in [9.17, 15) is 23.2 Å². The number of amides is 3. The molecule has 2 rings (SSSR count). The molecule has 5 nitrogen and oxygen atoms in total. The van der Waals surface area contributed by atoms with Gasteiger partial charge in [0.25, 0.3) is 0 Å². The van der Waals surface area contributed by atoms with Gasteiger partial charge < -0.3 is 4.90 Å². The van der Waals surface area contributed by atoms with Crippen LogP contribution in [0.5, 0.6) is 0 Å². The molecule has 7 heteroatoms. The normalized spacial score (nSPS) is 18.9. The van der Waals surface area contributed by atoms with Crippen molar-refractivity contribution >= 4 is 17.7 Å². The standard InChI is InChI=1S/C13H12F2N2O3/c1-7-13(20)16-11(18)6-17(7)12(19)5-8-2-3-9(14)10(15)4-8/h2-4,7H,5-6H2,1H3,(H,16,18,20). The van der Waals surface area contributed by atoms with Crippen LogP contribution < -0.4 is 5.32 Å². The summed E-state index contributed by atoms with van der Waals surface area (Å²) in [7, 11) is 0. The zero-order valence-corrected chi connectivity index (χ0v) is 10.7. The molecule has 1 aromatic carbocycles. The van der Waals surface area contributed by atoms with Crippen LogP contribution in [-0.2, 0) is 20.8 Å². The second-order valence-corrected chi connectivity index (χ2v) is 4.54. The summed E-state index contributed by atoms with van der Waals surface area (Å²) in [6, 6.07) is 2.36. The number of halogens is 2. The Bertz CT molecular complexity index is 589. The van der Waals surface area contributed by atoms with E-state index >= 15 is 0 Å². The molecule has 20 heavy (non-hydrogen) atoms. The van der Waals surface area contributed by atoms with Gasteiger partial charge in [0, 0.05) is 0 Å². The molecule has 0 aliphatic carbocycles. The van der Waals surface area contributed by atoms with Crippen LogP contribution >= 0.6 is 0 Å². The monoisotopic (exact) mass is 282 g/mol. The average Bonchev–Trinajstić information content (AvgIpc) is 2.38. The molecule has 1 aliphatic heterocycles. The van der Waals surface area contributed by atoms with Crippen molar-refractivity contribution in [2.24, 2.45) is 0 Å². The van der Waals surface area contributed by atoms with Gasteiger partial charge in [0.1, 0.15) is 12.6 Å². The summed E-state index contributed by atoms with van der Waals surface area (Å²) in [4.78, 5) is 35.8. The van der Waals surface area contributed by atoms with Crippen LogP contribution in [0.15, 0.2) is 18.2 Å². The molecule has 3 amide bonds. The van der Waals surface area contributed by atoms with E-state index in [1.54, 1.807) is 0 Å². The minimum atomic E-state index is -1.05. The number of carbonyl (C=O) groups is 3. The third-order valence-corrected chi connectivity index (χ3v) is 3.08. The topological polar surface area (TPSA) is 66.5 Å². The van der Waals surface area contributed by atoms with Gasteiger partial charge in [-0.3, -0.25) is 19.7 Å². The first-order chi connectivity index (χ1) is 9.38. The van der Waals surface area contributed by atoms with Gasteiger partial charge in [0.15, 0.2) is 11.6 Å². The molecule has 1 aromatic rings. The quantitative estimate of drug-likeness (QED) is 0.798. The zero-order valence-electron chi connectivity index (χ0n) is 10.7. The lowest BCUT2D eigenvalue weighted by Crippen LogP contribution is -2.58. The van der Waals surface area contributed by atoms with Crippen LogP contribution in [0.25, 0.3) is 0 Å². The van der Waals surface area contributed by atoms with E-state index in [0.29, 0.717) is 0 Å². The molecule has 0 bridgehead atoms. The maximum absolute atomic E-state index is 13.1. The fraction of sp³-hybridized carbons (Fsp3) is 0.308. The van der Waals surface area contributed by atoms with Crippen LogP contribution in [0, 0.1) is 11.6 Å². The Kier molecular flexibility index (Phi) is 3.78. The molecular weight excluding hydrogens is 270 g/mol. The molecule has 0 spiro atoms. The molecular formula is C13H12F2N2O3. The maximum atomic E-state index is 13.1. The van der Waals surface area contributed by atoms with Gasteiger partial charge in [0.2, 0.25) is 17.7 Å². The molecule has 1 saturated heterocycles. The van der Waals surface area contributed by atoms with Crippen molar-refractivity contribution in [1.82, 2.24) is 10.2 Å². The molecule has 1 fully saturated rings. The Balaban J connectivity index is 2.12. The van der Waals surface area contributed by atoms with Crippen molar-refractivity contribution in [3.05, 3.63) is 35.4 Å². The molecule has 1 N–H and O–H groups in total. The van der Waals surface area contributed by atoms with Crippen LogP contribution in [0.3, 0.4) is 0 Å². The Morgan fingerprint density at radius 2 is 2.05 bits per heavy atom. The highest BCUT2D eigenvalue weighted by Crippen LogP contribution is 2.12. The average molecular weight is 282 g/mol. The number of hydrogen-bond donors (Lipinski definition) is 1. The third kappa shape index (κ3) is 2.81. The number of carbonyl (C=O) groups excluding carboxylic acids is 3. The van der Waals surface area contributed by atoms with Gasteiger partial charge in [-0.25, -0.2) is 8.78 Å². The Morgan fingerprint density at radius 3 is 2.70 bits per heavy atom. The summed E-state index contributed by atoms with van der Waals surface area (Å²) >= 11 is 0. The highest BCUT2D eigenvalue weighted by molar-refractivity contribution is 6.04. The van der Waals surface area contributed by atoms with Crippen molar-refractivity contribution in [3.8, 4) is 0 Å². The van der Waals surface area contributed by atoms with E-state index in [2.05, 4.69) is 5.32 Å². The van der Waals surface area contributed by atoms with Crippen molar-refractivity contribution in [3.63, 3.8) is 0 Å². The Labute approximate surface area is 113 Å². The summed E-state index contributed by atoms with van der Waals surface area (Å²) < 4.78 is 25.8. The first kappa shape index (κ1) is 14.1. The van der Waals surface area contributed by atoms with Crippen molar-refractivity contribution in [2.45, 2.75) is 19.4 Å². The van der Waals surface area contributed by atoms with E-state index < -0.39 is 35.4 Å². The third-order valence-electron chi connectivity index (χ3n) is 3.08. The molecule has 1 atom stereocenters. The van der Waals surface area contributed by atoms with Gasteiger partial charge in [-0.05, 0) is 24.6 Å². The largest absolute Gasteiger partial charge is 0.321 e. The number of imide groups is 1. The van der Waals surface area contributed by atoms with Gasteiger partial charge in [0.05, 0.1) is 6.42 Å². The highest BCUT2D eigenvalue weighted by Gasteiger charge is 2.33. The van der Waals surface area contributed by atoms with Gasteiger partial charge in [-0.2, -0.15) is 0 Å². The fourth-order valence-electron chi connectivity index (χ4n) is 1.94. The Hall–Kier alpha value is -2.31. The van der Waals surface area contributed by atoms with E-state index in [1.165, 1.54) is 13.0 Å². The number of hydrogen-bond acceptors (Lipinski definition) is 3. The van der Waals surface area contributed by atoms with Crippen LogP contribution in [0.1, 0.15) is 12.5 Å². The molecule has 1 aliphatic rings. The van der Waals surface area contributed by atoms with E-state index in [-0.39, 0.29) is 18.5 Å². The van der Waals surface area contributed by atoms with Crippen LogP contribution in [0.4, 0.5) is 8.78 Å². The first-order valence-electron chi connectivity index (χ1n) is 5.95. The van der Waals surface area contributed by atoms with E-state index in [0.717, 1.165) is 17.0 Å². The van der Waals surface area contributed by atoms with Crippen LogP contribution in [0.2, 0.25) is 0 Å². The highest BCUT2D eigenvalue weighted by atomic mass is 19.2. The van der Waals surface area contributed by atoms with E-state index in [1.807, 2.05) is 0 Å². The summed E-state index contributed by atoms with van der Waals surface area (Å²) in [6.45, 7) is 1.26. The maximum Gasteiger partial charge on any atom is 0.249 e. The minimum absolute atomic E-state index is 0.206. The first-order valence-corrected chi connectivity index (χ1v) is 5.95. The number of rotatable bonds is 2. The molecule has 0 saturated carbocycles. The SMILES string of the molecule is CC1C(=O)NC(=O)CN1C(=O)Cc1ccc(F)c(F)c1.